The number of hydrogen-bond donors (Lipinski definition) is 1. The average Bonchev–Trinajstić information content (AvgIpc) is 2.15. The van der Waals surface area contributed by atoms with Crippen LogP contribution >= 0.6 is 0 Å². The van der Waals surface area contributed by atoms with Gasteiger partial charge in [0.1, 0.15) is 5.82 Å². The van der Waals surface area contributed by atoms with Gasteiger partial charge in [0.15, 0.2) is 0 Å². The summed E-state index contributed by atoms with van der Waals surface area (Å²) >= 11 is 0. The Morgan fingerprint density at radius 3 is 2.50 bits per heavy atom. The Kier molecular flexibility index (Phi) is 3.77. The van der Waals surface area contributed by atoms with Crippen molar-refractivity contribution in [3.05, 3.63) is 35.9 Å². The maximum atomic E-state index is 4.29. The minimum Gasteiger partial charge on any atom is -0.310 e. The quantitative estimate of drug-likeness (QED) is 0.740. The van der Waals surface area contributed by atoms with Gasteiger partial charge in [-0.2, -0.15) is 0 Å². The third-order valence-electron chi connectivity index (χ3n) is 2.01. The van der Waals surface area contributed by atoms with Crippen molar-refractivity contribution in [1.29, 1.82) is 0 Å². The third-order valence-corrected chi connectivity index (χ3v) is 2.01. The molecule has 0 fully saturated rings. The fourth-order valence-corrected chi connectivity index (χ4v) is 1.25. The van der Waals surface area contributed by atoms with E-state index < -0.39 is 0 Å². The Morgan fingerprint density at radius 2 is 2.07 bits per heavy atom. The summed E-state index contributed by atoms with van der Waals surface area (Å²) in [7, 11) is 1.91. The first-order valence-electron chi connectivity index (χ1n) is 4.73. The molecule has 1 rings (SSSR count). The molecule has 0 spiro atoms. The largest absolute Gasteiger partial charge is 0.310 e. The lowest BCUT2D eigenvalue weighted by Crippen LogP contribution is -2.19. The molecular formula is C11H17N3. The van der Waals surface area contributed by atoms with Crippen molar-refractivity contribution in [2.75, 3.05) is 7.05 Å². The van der Waals surface area contributed by atoms with Crippen molar-refractivity contribution in [2.24, 2.45) is 0 Å². The number of rotatable bonds is 4. The van der Waals surface area contributed by atoms with Gasteiger partial charge in [-0.05, 0) is 32.9 Å². The van der Waals surface area contributed by atoms with Crippen LogP contribution in [0.2, 0.25) is 0 Å². The number of aromatic nitrogens is 2. The standard InChI is InChI=1S/C11H17N3/c1-8(2)5-10(12-4)11-13-6-9(3)7-14-11/h6-7,10,12H,1,5H2,2-4H3. The van der Waals surface area contributed by atoms with Gasteiger partial charge in [-0.1, -0.05) is 5.57 Å². The van der Waals surface area contributed by atoms with Gasteiger partial charge in [0.25, 0.3) is 0 Å². The number of nitrogens with zero attached hydrogens (tertiary/aromatic N) is 2. The highest BCUT2D eigenvalue weighted by molar-refractivity contribution is 5.07. The Balaban J connectivity index is 2.78. The van der Waals surface area contributed by atoms with Gasteiger partial charge in [0.2, 0.25) is 0 Å². The maximum absolute atomic E-state index is 4.29. The van der Waals surface area contributed by atoms with E-state index in [0.29, 0.717) is 0 Å². The molecule has 0 saturated carbocycles. The van der Waals surface area contributed by atoms with Gasteiger partial charge >= 0.3 is 0 Å². The summed E-state index contributed by atoms with van der Waals surface area (Å²) in [5.74, 6) is 0.834. The van der Waals surface area contributed by atoms with Crippen LogP contribution in [0.4, 0.5) is 0 Å². The fraction of sp³-hybridized carbons (Fsp3) is 0.455. The number of aryl methyl sites for hydroxylation is 1. The van der Waals surface area contributed by atoms with Gasteiger partial charge in [-0.15, -0.1) is 6.58 Å². The minimum absolute atomic E-state index is 0.174. The van der Waals surface area contributed by atoms with Crippen LogP contribution in [0.25, 0.3) is 0 Å². The highest BCUT2D eigenvalue weighted by Gasteiger charge is 2.11. The van der Waals surface area contributed by atoms with Crippen LogP contribution in [0.15, 0.2) is 24.5 Å². The zero-order chi connectivity index (χ0) is 10.6. The molecule has 0 aliphatic carbocycles. The normalized spacial score (nSPS) is 12.5. The Hall–Kier alpha value is -1.22. The molecule has 0 bridgehead atoms. The topological polar surface area (TPSA) is 37.8 Å². The predicted octanol–water partition coefficient (Wildman–Crippen LogP) is 2.01. The van der Waals surface area contributed by atoms with E-state index in [1.165, 1.54) is 0 Å². The third kappa shape index (κ3) is 2.92. The predicted molar refractivity (Wildman–Crippen MR) is 58.0 cm³/mol. The summed E-state index contributed by atoms with van der Waals surface area (Å²) in [5.41, 5.74) is 2.22. The molecule has 0 saturated heterocycles. The molecule has 3 heteroatoms. The molecule has 0 aromatic carbocycles. The minimum atomic E-state index is 0.174. The first-order chi connectivity index (χ1) is 6.63. The summed E-state index contributed by atoms with van der Waals surface area (Å²) < 4.78 is 0. The van der Waals surface area contributed by atoms with E-state index >= 15 is 0 Å². The van der Waals surface area contributed by atoms with E-state index in [1.54, 1.807) is 0 Å². The molecule has 1 aromatic heterocycles. The summed E-state index contributed by atoms with van der Waals surface area (Å²) in [6.45, 7) is 7.89. The van der Waals surface area contributed by atoms with Crippen LogP contribution in [0.3, 0.4) is 0 Å². The number of hydrogen-bond acceptors (Lipinski definition) is 3. The Morgan fingerprint density at radius 1 is 1.50 bits per heavy atom. The summed E-state index contributed by atoms with van der Waals surface area (Å²) in [6, 6.07) is 0.174. The summed E-state index contributed by atoms with van der Waals surface area (Å²) in [4.78, 5) is 8.58. The highest BCUT2D eigenvalue weighted by Crippen LogP contribution is 2.15. The van der Waals surface area contributed by atoms with Crippen LogP contribution in [0.5, 0.6) is 0 Å². The lowest BCUT2D eigenvalue weighted by molar-refractivity contribution is 0.555. The number of nitrogens with one attached hydrogen (secondary N) is 1. The van der Waals surface area contributed by atoms with Crippen LogP contribution < -0.4 is 5.32 Å². The molecule has 1 unspecified atom stereocenters. The second kappa shape index (κ2) is 4.86. The second-order valence-corrected chi connectivity index (χ2v) is 3.62. The molecule has 14 heavy (non-hydrogen) atoms. The molecular weight excluding hydrogens is 174 g/mol. The van der Waals surface area contributed by atoms with Crippen LogP contribution in [0.1, 0.15) is 30.8 Å². The second-order valence-electron chi connectivity index (χ2n) is 3.62. The van der Waals surface area contributed by atoms with Gasteiger partial charge in [0.05, 0.1) is 6.04 Å². The fourth-order valence-electron chi connectivity index (χ4n) is 1.25. The molecule has 1 N–H and O–H groups in total. The van der Waals surface area contributed by atoms with Crippen LogP contribution in [-0.4, -0.2) is 17.0 Å². The zero-order valence-electron chi connectivity index (χ0n) is 9.04. The SMILES string of the molecule is C=C(C)CC(NC)c1ncc(C)cn1. The van der Waals surface area contributed by atoms with Crippen molar-refractivity contribution in [1.82, 2.24) is 15.3 Å². The highest BCUT2D eigenvalue weighted by atomic mass is 15.0. The smallest absolute Gasteiger partial charge is 0.145 e. The van der Waals surface area contributed by atoms with Gasteiger partial charge in [-0.25, -0.2) is 9.97 Å². The van der Waals surface area contributed by atoms with E-state index in [2.05, 4.69) is 21.9 Å². The van der Waals surface area contributed by atoms with Crippen molar-refractivity contribution >= 4 is 0 Å². The molecule has 1 heterocycles. The van der Waals surface area contributed by atoms with Crippen LogP contribution in [0, 0.1) is 6.92 Å². The average molecular weight is 191 g/mol. The lowest BCUT2D eigenvalue weighted by Gasteiger charge is -2.14. The van der Waals surface area contributed by atoms with E-state index in [9.17, 15) is 0 Å². The van der Waals surface area contributed by atoms with Crippen molar-refractivity contribution in [3.8, 4) is 0 Å². The Bertz CT molecular complexity index is 303. The Labute approximate surface area is 85.3 Å². The van der Waals surface area contributed by atoms with Crippen LogP contribution in [-0.2, 0) is 0 Å². The first-order valence-corrected chi connectivity index (χ1v) is 4.73. The van der Waals surface area contributed by atoms with E-state index in [4.69, 9.17) is 0 Å². The van der Waals surface area contributed by atoms with Crippen molar-refractivity contribution < 1.29 is 0 Å². The monoisotopic (exact) mass is 191 g/mol. The summed E-state index contributed by atoms with van der Waals surface area (Å²) in [6.07, 6.45) is 4.55. The molecule has 1 atom stereocenters. The van der Waals surface area contributed by atoms with Gasteiger partial charge in [0, 0.05) is 12.4 Å². The zero-order valence-corrected chi connectivity index (χ0v) is 9.04. The molecule has 76 valence electrons. The molecule has 0 amide bonds. The van der Waals surface area contributed by atoms with Crippen molar-refractivity contribution in [2.45, 2.75) is 26.3 Å². The molecule has 1 aromatic rings. The maximum Gasteiger partial charge on any atom is 0.145 e. The summed E-state index contributed by atoms with van der Waals surface area (Å²) in [5, 5.41) is 3.18. The van der Waals surface area contributed by atoms with Gasteiger partial charge < -0.3 is 5.32 Å². The molecule has 0 aliphatic rings. The lowest BCUT2D eigenvalue weighted by atomic mass is 10.1. The van der Waals surface area contributed by atoms with Crippen molar-refractivity contribution in [3.63, 3.8) is 0 Å². The first kappa shape index (κ1) is 10.9. The van der Waals surface area contributed by atoms with E-state index in [-0.39, 0.29) is 6.04 Å². The molecule has 0 aliphatic heterocycles. The van der Waals surface area contributed by atoms with Gasteiger partial charge in [-0.3, -0.25) is 0 Å². The molecule has 3 nitrogen and oxygen atoms in total. The van der Waals surface area contributed by atoms with E-state index in [1.807, 2.05) is 33.3 Å². The van der Waals surface area contributed by atoms with E-state index in [0.717, 1.165) is 23.4 Å². The molecule has 0 radical (unpaired) electrons.